The zero-order valence-corrected chi connectivity index (χ0v) is 14.0. The van der Waals surface area contributed by atoms with Gasteiger partial charge in [-0.2, -0.15) is 5.10 Å². The Balaban J connectivity index is 1.52. The first-order valence-corrected chi connectivity index (χ1v) is 8.01. The van der Waals surface area contributed by atoms with E-state index in [4.69, 9.17) is 9.47 Å². The van der Waals surface area contributed by atoms with Crippen LogP contribution in [0.25, 0.3) is 11.3 Å². The van der Waals surface area contributed by atoms with Gasteiger partial charge in [-0.1, -0.05) is 28.1 Å². The number of carbonyl (C=O) groups excluding carboxylic acids is 1. The van der Waals surface area contributed by atoms with Crippen molar-refractivity contribution >= 4 is 27.5 Å². The number of nitrogens with one attached hydrogen (secondary N) is 2. The largest absolute Gasteiger partial charge is 0.454 e. The van der Waals surface area contributed by atoms with Gasteiger partial charge in [0.15, 0.2) is 11.5 Å². The van der Waals surface area contributed by atoms with Gasteiger partial charge in [0, 0.05) is 21.8 Å². The number of amides is 1. The molecular formula is C17H12BrN3O3. The van der Waals surface area contributed by atoms with E-state index in [9.17, 15) is 4.79 Å². The van der Waals surface area contributed by atoms with E-state index in [1.807, 2.05) is 24.3 Å². The summed E-state index contributed by atoms with van der Waals surface area (Å²) in [4.78, 5) is 12.4. The highest BCUT2D eigenvalue weighted by molar-refractivity contribution is 9.10. The van der Waals surface area contributed by atoms with Crippen molar-refractivity contribution in [3.63, 3.8) is 0 Å². The zero-order chi connectivity index (χ0) is 16.5. The summed E-state index contributed by atoms with van der Waals surface area (Å²) in [7, 11) is 0. The molecule has 0 bridgehead atoms. The van der Waals surface area contributed by atoms with Gasteiger partial charge in [-0.25, -0.2) is 0 Å². The predicted octanol–water partition coefficient (Wildman–Crippen LogP) is 3.82. The number of carbonyl (C=O) groups is 1. The first-order chi connectivity index (χ1) is 11.7. The third-order valence-corrected chi connectivity index (χ3v) is 4.12. The molecule has 1 aromatic heterocycles. The molecule has 24 heavy (non-hydrogen) atoms. The number of fused-ring (bicyclic) bond motifs is 1. The number of aromatic nitrogens is 2. The molecule has 0 unspecified atom stereocenters. The molecule has 1 aliphatic rings. The van der Waals surface area contributed by atoms with Crippen LogP contribution < -0.4 is 14.8 Å². The molecule has 0 saturated carbocycles. The highest BCUT2D eigenvalue weighted by Crippen LogP contribution is 2.34. The smallest absolute Gasteiger partial charge is 0.273 e. The van der Waals surface area contributed by atoms with Crippen LogP contribution in [0.15, 0.2) is 53.0 Å². The lowest BCUT2D eigenvalue weighted by atomic mass is 10.1. The summed E-state index contributed by atoms with van der Waals surface area (Å²) in [6.07, 6.45) is 0. The summed E-state index contributed by atoms with van der Waals surface area (Å²) in [5.74, 6) is 1.02. The van der Waals surface area contributed by atoms with Crippen molar-refractivity contribution in [1.82, 2.24) is 10.2 Å². The minimum absolute atomic E-state index is 0.198. The van der Waals surface area contributed by atoms with E-state index in [1.54, 1.807) is 24.3 Å². The standard InChI is InChI=1S/C17H12BrN3O3/c18-11-3-1-10(2-4-11)13-8-14(21-20-13)17(22)19-12-5-6-15-16(7-12)24-9-23-15/h1-8H,9H2,(H,19,22)(H,20,21). The third kappa shape index (κ3) is 2.85. The molecule has 2 heterocycles. The van der Waals surface area contributed by atoms with Gasteiger partial charge in [-0.15, -0.1) is 0 Å². The Morgan fingerprint density at radius 1 is 1.08 bits per heavy atom. The first-order valence-electron chi connectivity index (χ1n) is 7.21. The lowest BCUT2D eigenvalue weighted by molar-refractivity contribution is 0.102. The van der Waals surface area contributed by atoms with E-state index >= 15 is 0 Å². The zero-order valence-electron chi connectivity index (χ0n) is 12.4. The van der Waals surface area contributed by atoms with Crippen LogP contribution in [-0.2, 0) is 0 Å². The van der Waals surface area contributed by atoms with Crippen LogP contribution in [-0.4, -0.2) is 22.9 Å². The normalized spacial score (nSPS) is 12.2. The quantitative estimate of drug-likeness (QED) is 0.718. The minimum atomic E-state index is -0.273. The fourth-order valence-electron chi connectivity index (χ4n) is 2.38. The molecule has 6 nitrogen and oxygen atoms in total. The van der Waals surface area contributed by atoms with Gasteiger partial charge in [0.1, 0.15) is 5.69 Å². The number of hydrogen-bond donors (Lipinski definition) is 2. The Kier molecular flexibility index (Phi) is 3.70. The molecule has 0 aliphatic carbocycles. The molecule has 2 N–H and O–H groups in total. The van der Waals surface area contributed by atoms with Gasteiger partial charge < -0.3 is 14.8 Å². The fraction of sp³-hybridized carbons (Fsp3) is 0.0588. The molecule has 120 valence electrons. The summed E-state index contributed by atoms with van der Waals surface area (Å²) < 4.78 is 11.5. The van der Waals surface area contributed by atoms with Crippen LogP contribution in [0.1, 0.15) is 10.5 Å². The Labute approximate surface area is 145 Å². The summed E-state index contributed by atoms with van der Waals surface area (Å²) in [6, 6.07) is 14.7. The summed E-state index contributed by atoms with van der Waals surface area (Å²) >= 11 is 3.39. The molecule has 3 aromatic rings. The van der Waals surface area contributed by atoms with E-state index in [2.05, 4.69) is 31.4 Å². The maximum absolute atomic E-state index is 12.4. The fourth-order valence-corrected chi connectivity index (χ4v) is 2.64. The summed E-state index contributed by atoms with van der Waals surface area (Å²) in [6.45, 7) is 0.198. The van der Waals surface area contributed by atoms with Gasteiger partial charge in [0.25, 0.3) is 5.91 Å². The van der Waals surface area contributed by atoms with Crippen molar-refractivity contribution in [3.8, 4) is 22.8 Å². The maximum Gasteiger partial charge on any atom is 0.273 e. The Morgan fingerprint density at radius 2 is 1.88 bits per heavy atom. The van der Waals surface area contributed by atoms with Crippen LogP contribution in [0.4, 0.5) is 5.69 Å². The first kappa shape index (κ1) is 14.8. The molecule has 0 radical (unpaired) electrons. The molecule has 1 aliphatic heterocycles. The van der Waals surface area contributed by atoms with Gasteiger partial charge in [0.2, 0.25) is 6.79 Å². The molecule has 7 heteroatoms. The molecule has 0 atom stereocenters. The minimum Gasteiger partial charge on any atom is -0.454 e. The Hall–Kier alpha value is -2.80. The Morgan fingerprint density at radius 3 is 2.71 bits per heavy atom. The second kappa shape index (κ2) is 6.01. The van der Waals surface area contributed by atoms with Gasteiger partial charge in [0.05, 0.1) is 5.69 Å². The lowest BCUT2D eigenvalue weighted by Crippen LogP contribution is -2.12. The van der Waals surface area contributed by atoms with Gasteiger partial charge in [-0.3, -0.25) is 9.89 Å². The van der Waals surface area contributed by atoms with Gasteiger partial charge >= 0.3 is 0 Å². The van der Waals surface area contributed by atoms with Crippen molar-refractivity contribution in [2.45, 2.75) is 0 Å². The maximum atomic E-state index is 12.4. The predicted molar refractivity (Wildman–Crippen MR) is 92.2 cm³/mol. The number of H-pyrrole nitrogens is 1. The number of halogens is 1. The van der Waals surface area contributed by atoms with Crippen molar-refractivity contribution in [1.29, 1.82) is 0 Å². The van der Waals surface area contributed by atoms with Crippen molar-refractivity contribution < 1.29 is 14.3 Å². The van der Waals surface area contributed by atoms with Crippen LogP contribution in [0.2, 0.25) is 0 Å². The molecule has 4 rings (SSSR count). The summed E-state index contributed by atoms with van der Waals surface area (Å²) in [5.41, 5.74) is 2.64. The van der Waals surface area contributed by atoms with E-state index in [1.165, 1.54) is 0 Å². The number of rotatable bonds is 3. The van der Waals surface area contributed by atoms with E-state index < -0.39 is 0 Å². The monoisotopic (exact) mass is 385 g/mol. The number of aromatic amines is 1. The van der Waals surface area contributed by atoms with Crippen molar-refractivity contribution in [2.75, 3.05) is 12.1 Å². The van der Waals surface area contributed by atoms with Gasteiger partial charge in [-0.05, 0) is 30.3 Å². The van der Waals surface area contributed by atoms with E-state index in [0.717, 1.165) is 10.0 Å². The molecule has 2 aromatic carbocycles. The number of ether oxygens (including phenoxy) is 2. The average molecular weight is 386 g/mol. The lowest BCUT2D eigenvalue weighted by Gasteiger charge is -2.04. The number of hydrogen-bond acceptors (Lipinski definition) is 4. The molecule has 1 amide bonds. The van der Waals surface area contributed by atoms with Crippen molar-refractivity contribution in [2.24, 2.45) is 0 Å². The average Bonchev–Trinajstić information content (AvgIpc) is 3.24. The van der Waals surface area contributed by atoms with E-state index in [-0.39, 0.29) is 12.7 Å². The second-order valence-corrected chi connectivity index (χ2v) is 6.11. The molecular weight excluding hydrogens is 374 g/mol. The SMILES string of the molecule is O=C(Nc1ccc2c(c1)OCO2)c1cc(-c2ccc(Br)cc2)n[nH]1. The van der Waals surface area contributed by atoms with Crippen LogP contribution in [0.5, 0.6) is 11.5 Å². The second-order valence-electron chi connectivity index (χ2n) is 5.20. The third-order valence-electron chi connectivity index (χ3n) is 3.59. The summed E-state index contributed by atoms with van der Waals surface area (Å²) in [5, 5.41) is 9.76. The topological polar surface area (TPSA) is 76.2 Å². The van der Waals surface area contributed by atoms with Crippen LogP contribution >= 0.6 is 15.9 Å². The molecule has 0 saturated heterocycles. The number of benzene rings is 2. The molecule has 0 spiro atoms. The number of anilines is 1. The molecule has 0 fully saturated rings. The Bertz CT molecular complexity index is 906. The highest BCUT2D eigenvalue weighted by Gasteiger charge is 2.16. The van der Waals surface area contributed by atoms with E-state index in [0.29, 0.717) is 28.6 Å². The van der Waals surface area contributed by atoms with Crippen molar-refractivity contribution in [3.05, 3.63) is 58.7 Å². The van der Waals surface area contributed by atoms with Crippen LogP contribution in [0, 0.1) is 0 Å². The highest BCUT2D eigenvalue weighted by atomic mass is 79.9. The number of nitrogens with zero attached hydrogens (tertiary/aromatic N) is 1. The van der Waals surface area contributed by atoms with Crippen LogP contribution in [0.3, 0.4) is 0 Å².